The summed E-state index contributed by atoms with van der Waals surface area (Å²) in [5, 5.41) is 17.8. The highest BCUT2D eigenvalue weighted by molar-refractivity contribution is 6.07. The average Bonchev–Trinajstić information content (AvgIpc) is 3.36. The van der Waals surface area contributed by atoms with Crippen molar-refractivity contribution in [2.75, 3.05) is 29.9 Å². The van der Waals surface area contributed by atoms with Crippen LogP contribution in [0.25, 0.3) is 11.0 Å². The Morgan fingerprint density at radius 1 is 1.00 bits per heavy atom. The summed E-state index contributed by atoms with van der Waals surface area (Å²) in [5.41, 5.74) is 4.20. The fourth-order valence-corrected chi connectivity index (χ4v) is 4.66. The molecular weight excluding hydrogens is 570 g/mol. The molecule has 0 unspecified atom stereocenters. The number of alkyl carbamates (subject to hydrolysis) is 1. The number of imidazole rings is 1. The Hall–Kier alpha value is -5.63. The topological polar surface area (TPSA) is 141 Å². The van der Waals surface area contributed by atoms with E-state index >= 15 is 0 Å². The van der Waals surface area contributed by atoms with Crippen LogP contribution < -0.4 is 20.9 Å². The molecule has 0 atom stereocenters. The van der Waals surface area contributed by atoms with E-state index in [2.05, 4.69) is 28.6 Å². The number of benzene rings is 3. The fourth-order valence-electron chi connectivity index (χ4n) is 4.66. The number of nitrogens with one attached hydrogen (secondary N) is 3. The molecule has 11 heteroatoms. The maximum Gasteiger partial charge on any atom is 0.412 e. The molecule has 3 aromatic carbocycles. The van der Waals surface area contributed by atoms with E-state index < -0.39 is 6.09 Å². The smallest absolute Gasteiger partial charge is 0.412 e. The first-order chi connectivity index (χ1) is 21.7. The van der Waals surface area contributed by atoms with Crippen molar-refractivity contribution in [2.24, 2.45) is 7.05 Å². The van der Waals surface area contributed by atoms with E-state index in [0.29, 0.717) is 60.6 Å². The van der Waals surface area contributed by atoms with Gasteiger partial charge in [0.15, 0.2) is 0 Å². The van der Waals surface area contributed by atoms with Crippen LogP contribution in [-0.4, -0.2) is 47.1 Å². The number of ether oxygens (including phenoxy) is 1. The van der Waals surface area contributed by atoms with Gasteiger partial charge in [0.25, 0.3) is 5.91 Å². The van der Waals surface area contributed by atoms with Crippen molar-refractivity contribution < 1.29 is 19.1 Å². The molecule has 0 saturated heterocycles. The van der Waals surface area contributed by atoms with Crippen molar-refractivity contribution in [3.8, 4) is 6.07 Å². The molecule has 4 aromatic rings. The first-order valence-corrected chi connectivity index (χ1v) is 14.7. The Kier molecular flexibility index (Phi) is 11.3. The molecule has 1 aromatic heterocycles. The molecule has 3 N–H and O–H groups in total. The number of nitrogens with zero attached hydrogens (tertiary/aromatic N) is 4. The number of anilines is 2. The van der Waals surface area contributed by atoms with Crippen molar-refractivity contribution in [1.82, 2.24) is 20.2 Å². The van der Waals surface area contributed by atoms with E-state index in [4.69, 9.17) is 15.0 Å². The first-order valence-electron chi connectivity index (χ1n) is 14.7. The first kappa shape index (κ1) is 32.3. The normalized spacial score (nSPS) is 10.5. The Morgan fingerprint density at radius 2 is 1.71 bits per heavy atom. The molecule has 1 heterocycles. The molecule has 0 bridgehead atoms. The van der Waals surface area contributed by atoms with Gasteiger partial charge in [-0.2, -0.15) is 5.26 Å². The van der Waals surface area contributed by atoms with Gasteiger partial charge < -0.3 is 30.2 Å². The van der Waals surface area contributed by atoms with Gasteiger partial charge in [0.1, 0.15) is 5.82 Å². The summed E-state index contributed by atoms with van der Waals surface area (Å²) in [5.74, 6) is 0.710. The van der Waals surface area contributed by atoms with E-state index in [0.717, 1.165) is 17.0 Å². The van der Waals surface area contributed by atoms with Gasteiger partial charge in [-0.05, 0) is 74.4 Å². The van der Waals surface area contributed by atoms with Crippen molar-refractivity contribution in [3.63, 3.8) is 0 Å². The number of amides is 3. The molecule has 0 radical (unpaired) electrons. The zero-order chi connectivity index (χ0) is 32.2. The van der Waals surface area contributed by atoms with Crippen LogP contribution in [0.3, 0.4) is 0 Å². The molecule has 4 rings (SSSR count). The van der Waals surface area contributed by atoms with Gasteiger partial charge in [0.2, 0.25) is 5.91 Å². The number of aryl methyl sites for hydroxylation is 1. The van der Waals surface area contributed by atoms with Gasteiger partial charge >= 0.3 is 6.09 Å². The van der Waals surface area contributed by atoms with E-state index in [-0.39, 0.29) is 24.8 Å². The summed E-state index contributed by atoms with van der Waals surface area (Å²) in [7, 11) is 1.93. The number of para-hydroxylation sites is 1. The SMILES string of the molecule is C=C(C)OC(=O)NCCCCNC(=O)CCN(C(=O)c1ccc2c(c1)nc(CNc1ccc(C#N)cc1)n2C)c1ccccc1. The van der Waals surface area contributed by atoms with Crippen LogP contribution in [-0.2, 0) is 23.1 Å². The monoisotopic (exact) mass is 607 g/mol. The number of carbonyl (C=O) groups excluding carboxylic acids is 3. The van der Waals surface area contributed by atoms with Crippen molar-refractivity contribution in [3.05, 3.63) is 102 Å². The third-order valence-electron chi connectivity index (χ3n) is 7.02. The Labute approximate surface area is 262 Å². The van der Waals surface area contributed by atoms with Crippen LogP contribution in [0.4, 0.5) is 16.2 Å². The van der Waals surface area contributed by atoms with E-state index in [1.54, 1.807) is 36.1 Å². The third kappa shape index (κ3) is 9.18. The summed E-state index contributed by atoms with van der Waals surface area (Å²) < 4.78 is 6.81. The number of nitriles is 1. The minimum absolute atomic E-state index is 0.126. The standard InChI is InChI=1S/C34H37N7O4/c1-24(2)45-34(44)37-19-8-7-18-36-32(42)17-20-41(28-9-5-4-6-10-28)33(43)26-13-16-30-29(21-26)39-31(40(30)3)23-38-27-14-11-25(22-35)12-15-27/h4-6,9-16,21,38H,1,7-8,17-20,23H2,2-3H3,(H,36,42)(H,37,44). The molecule has 0 aliphatic carbocycles. The van der Waals surface area contributed by atoms with Crippen molar-refractivity contribution >= 4 is 40.3 Å². The molecule has 232 valence electrons. The summed E-state index contributed by atoms with van der Waals surface area (Å²) in [6, 6.07) is 24.0. The van der Waals surface area contributed by atoms with Crippen LogP contribution in [0.2, 0.25) is 0 Å². The number of allylic oxidation sites excluding steroid dienone is 1. The lowest BCUT2D eigenvalue weighted by molar-refractivity contribution is -0.120. The minimum atomic E-state index is -0.545. The molecule has 45 heavy (non-hydrogen) atoms. The highest BCUT2D eigenvalue weighted by atomic mass is 16.6. The highest BCUT2D eigenvalue weighted by Gasteiger charge is 2.20. The van der Waals surface area contributed by atoms with Crippen LogP contribution >= 0.6 is 0 Å². The predicted octanol–water partition coefficient (Wildman–Crippen LogP) is 5.25. The van der Waals surface area contributed by atoms with E-state index in [9.17, 15) is 14.4 Å². The Balaban J connectivity index is 1.36. The molecule has 0 saturated carbocycles. The summed E-state index contributed by atoms with van der Waals surface area (Å²) in [6.45, 7) is 6.65. The van der Waals surface area contributed by atoms with Crippen molar-refractivity contribution in [2.45, 2.75) is 32.7 Å². The molecule has 0 aliphatic rings. The lowest BCUT2D eigenvalue weighted by Crippen LogP contribution is -2.35. The second-order valence-corrected chi connectivity index (χ2v) is 10.5. The van der Waals surface area contributed by atoms with Crippen LogP contribution in [0, 0.1) is 11.3 Å². The van der Waals surface area contributed by atoms with Crippen LogP contribution in [0.15, 0.2) is 85.1 Å². The molecular formula is C34H37N7O4. The number of aromatic nitrogens is 2. The maximum atomic E-state index is 13.8. The van der Waals surface area contributed by atoms with Gasteiger partial charge in [0.05, 0.1) is 35.0 Å². The van der Waals surface area contributed by atoms with Gasteiger partial charge in [0, 0.05) is 50.0 Å². The Morgan fingerprint density at radius 3 is 2.40 bits per heavy atom. The second-order valence-electron chi connectivity index (χ2n) is 10.5. The molecule has 11 nitrogen and oxygen atoms in total. The summed E-state index contributed by atoms with van der Waals surface area (Å²) in [4.78, 5) is 44.3. The fraction of sp³-hybridized carbons (Fsp3) is 0.265. The minimum Gasteiger partial charge on any atom is -0.416 e. The number of hydrogen-bond acceptors (Lipinski definition) is 7. The van der Waals surface area contributed by atoms with Crippen molar-refractivity contribution in [1.29, 1.82) is 5.26 Å². The number of hydrogen-bond donors (Lipinski definition) is 3. The van der Waals surface area contributed by atoms with E-state index in [1.165, 1.54) is 0 Å². The van der Waals surface area contributed by atoms with E-state index in [1.807, 2.05) is 60.1 Å². The van der Waals surface area contributed by atoms with Gasteiger partial charge in [-0.3, -0.25) is 9.59 Å². The second kappa shape index (κ2) is 15.7. The number of unbranched alkanes of at least 4 members (excludes halogenated alkanes) is 1. The molecule has 0 aliphatic heterocycles. The molecule has 0 fully saturated rings. The highest BCUT2D eigenvalue weighted by Crippen LogP contribution is 2.22. The molecule has 0 spiro atoms. The molecule has 3 amide bonds. The summed E-state index contributed by atoms with van der Waals surface area (Å²) >= 11 is 0. The van der Waals surface area contributed by atoms with Gasteiger partial charge in [-0.1, -0.05) is 24.8 Å². The zero-order valence-electron chi connectivity index (χ0n) is 25.5. The third-order valence-corrected chi connectivity index (χ3v) is 7.02. The van der Waals surface area contributed by atoms with Gasteiger partial charge in [-0.25, -0.2) is 9.78 Å². The lowest BCUT2D eigenvalue weighted by Gasteiger charge is -2.23. The largest absolute Gasteiger partial charge is 0.416 e. The number of carbonyl (C=O) groups is 3. The quantitative estimate of drug-likeness (QED) is 0.131. The number of rotatable bonds is 14. The maximum absolute atomic E-state index is 13.8. The Bertz CT molecular complexity index is 1690. The number of fused-ring (bicyclic) bond motifs is 1. The lowest BCUT2D eigenvalue weighted by atomic mass is 10.1. The van der Waals surface area contributed by atoms with Crippen LogP contribution in [0.5, 0.6) is 0 Å². The van der Waals surface area contributed by atoms with Crippen LogP contribution in [0.1, 0.15) is 47.9 Å². The summed E-state index contributed by atoms with van der Waals surface area (Å²) in [6.07, 6.45) is 0.927. The van der Waals surface area contributed by atoms with Gasteiger partial charge in [-0.15, -0.1) is 0 Å². The average molecular weight is 608 g/mol. The zero-order valence-corrected chi connectivity index (χ0v) is 25.5. The predicted molar refractivity (Wildman–Crippen MR) is 173 cm³/mol.